The lowest BCUT2D eigenvalue weighted by molar-refractivity contribution is -0.134. The van der Waals surface area contributed by atoms with Crippen LogP contribution in [0.15, 0.2) is 53.6 Å². The number of benzene rings is 1. The van der Waals surface area contributed by atoms with E-state index in [2.05, 4.69) is 53.5 Å². The number of aryl methyl sites for hydroxylation is 1. The molecule has 0 spiro atoms. The van der Waals surface area contributed by atoms with Gasteiger partial charge in [-0.3, -0.25) is 38.9 Å². The Balaban J connectivity index is 0.856. The number of anilines is 3. The second-order valence-corrected chi connectivity index (χ2v) is 14.7. The molecule has 3 aromatic heterocycles. The topological polar surface area (TPSA) is 146 Å². The molecule has 3 saturated heterocycles. The first-order valence-corrected chi connectivity index (χ1v) is 18.5. The van der Waals surface area contributed by atoms with Crippen LogP contribution in [-0.4, -0.2) is 92.2 Å². The van der Waals surface area contributed by atoms with Crippen LogP contribution in [0.25, 0.3) is 11.0 Å². The summed E-state index contributed by atoms with van der Waals surface area (Å²) in [4.78, 5) is 71.3. The molecular formula is C39H45N9O4. The van der Waals surface area contributed by atoms with Gasteiger partial charge < -0.3 is 10.2 Å². The third-order valence-electron chi connectivity index (χ3n) is 11.4. The van der Waals surface area contributed by atoms with Crippen LogP contribution in [0.4, 0.5) is 17.5 Å². The summed E-state index contributed by atoms with van der Waals surface area (Å²) >= 11 is 0. The van der Waals surface area contributed by atoms with Crippen molar-refractivity contribution < 1.29 is 14.4 Å². The molecule has 6 heterocycles. The van der Waals surface area contributed by atoms with E-state index < -0.39 is 0 Å². The van der Waals surface area contributed by atoms with E-state index in [1.54, 1.807) is 17.7 Å². The lowest BCUT2D eigenvalue weighted by Gasteiger charge is -2.48. The predicted octanol–water partition coefficient (Wildman–Crippen LogP) is 4.08. The van der Waals surface area contributed by atoms with E-state index in [4.69, 9.17) is 4.98 Å². The molecule has 1 saturated carbocycles. The van der Waals surface area contributed by atoms with E-state index in [9.17, 15) is 19.2 Å². The van der Waals surface area contributed by atoms with Gasteiger partial charge in [-0.1, -0.05) is 37.1 Å². The highest BCUT2D eigenvalue weighted by Crippen LogP contribution is 2.32. The summed E-state index contributed by atoms with van der Waals surface area (Å²) in [7, 11) is 0. The summed E-state index contributed by atoms with van der Waals surface area (Å²) in [6.45, 7) is 9.97. The first kappa shape index (κ1) is 34.1. The number of rotatable bonds is 9. The van der Waals surface area contributed by atoms with Gasteiger partial charge in [0.15, 0.2) is 5.78 Å². The minimum absolute atomic E-state index is 0.0221. The number of imide groups is 1. The van der Waals surface area contributed by atoms with Crippen molar-refractivity contribution in [2.45, 2.75) is 76.9 Å². The predicted molar refractivity (Wildman–Crippen MR) is 198 cm³/mol. The van der Waals surface area contributed by atoms with Crippen LogP contribution in [0.2, 0.25) is 0 Å². The normalized spacial score (nSPS) is 20.7. The van der Waals surface area contributed by atoms with Crippen molar-refractivity contribution in [3.05, 3.63) is 81.4 Å². The Morgan fingerprint density at radius 2 is 1.73 bits per heavy atom. The molecule has 13 heteroatoms. The smallest absolute Gasteiger partial charge is 0.263 e. The number of nitrogens with zero attached hydrogens (tertiary/aromatic N) is 7. The molecule has 13 nitrogen and oxygen atoms in total. The van der Waals surface area contributed by atoms with Crippen LogP contribution >= 0.6 is 0 Å². The van der Waals surface area contributed by atoms with Crippen LogP contribution in [0.3, 0.4) is 0 Å². The second kappa shape index (κ2) is 14.2. The van der Waals surface area contributed by atoms with Gasteiger partial charge in [0, 0.05) is 75.9 Å². The molecule has 2 amide bonds. The van der Waals surface area contributed by atoms with Gasteiger partial charge in [-0.15, -0.1) is 0 Å². The molecule has 1 aliphatic carbocycles. The third kappa shape index (κ3) is 6.70. The Bertz CT molecular complexity index is 2080. The molecule has 0 bridgehead atoms. The van der Waals surface area contributed by atoms with Crippen molar-refractivity contribution in [1.82, 2.24) is 34.6 Å². The van der Waals surface area contributed by atoms with Crippen molar-refractivity contribution in [3.63, 3.8) is 0 Å². The third-order valence-corrected chi connectivity index (χ3v) is 11.4. The van der Waals surface area contributed by atoms with Crippen molar-refractivity contribution in [2.24, 2.45) is 0 Å². The zero-order valence-corrected chi connectivity index (χ0v) is 29.8. The molecule has 0 radical (unpaired) electrons. The van der Waals surface area contributed by atoms with E-state index in [0.29, 0.717) is 41.9 Å². The van der Waals surface area contributed by atoms with Crippen LogP contribution in [-0.2, 0) is 16.1 Å². The number of hydrogen-bond donors (Lipinski definition) is 2. The summed E-state index contributed by atoms with van der Waals surface area (Å²) in [5, 5.41) is 6.42. The fraction of sp³-hybridized carbons (Fsp3) is 0.462. The number of Topliss-reactive ketones (excluding diaryl/α,β-unsaturated/α-hetero) is 1. The summed E-state index contributed by atoms with van der Waals surface area (Å²) < 4.78 is 1.72. The molecule has 4 aliphatic rings. The Kier molecular flexibility index (Phi) is 9.31. The minimum atomic E-state index is -0.263. The first-order valence-electron chi connectivity index (χ1n) is 18.5. The zero-order chi connectivity index (χ0) is 35.9. The fourth-order valence-corrected chi connectivity index (χ4v) is 8.50. The molecule has 4 aromatic rings. The van der Waals surface area contributed by atoms with E-state index in [0.717, 1.165) is 88.1 Å². The number of nitrogens with one attached hydrogen (secondary N) is 2. The Hall–Kier alpha value is -5.01. The van der Waals surface area contributed by atoms with Crippen LogP contribution in [0.5, 0.6) is 0 Å². The molecule has 1 aromatic carbocycles. The monoisotopic (exact) mass is 703 g/mol. The SMILES string of the molecule is CC(=O)c1c(C)c2cnc(Nc3ccc(N4CCN(C5CN(Cc6cccc(C7CCC(=O)NC7=O)c6)C5)CC4)cn3)nc2n(C2CCCC2)c1=O. The van der Waals surface area contributed by atoms with Crippen molar-refractivity contribution in [3.8, 4) is 0 Å². The van der Waals surface area contributed by atoms with Gasteiger partial charge in [0.25, 0.3) is 5.56 Å². The molecule has 8 rings (SSSR count). The first-order chi connectivity index (χ1) is 25.2. The van der Waals surface area contributed by atoms with Gasteiger partial charge in [0.05, 0.1) is 23.4 Å². The van der Waals surface area contributed by atoms with Crippen molar-refractivity contribution >= 4 is 46.1 Å². The van der Waals surface area contributed by atoms with Gasteiger partial charge >= 0.3 is 0 Å². The number of amides is 2. The van der Waals surface area contributed by atoms with Gasteiger partial charge in [-0.2, -0.15) is 4.98 Å². The molecule has 4 fully saturated rings. The van der Waals surface area contributed by atoms with Gasteiger partial charge in [0.2, 0.25) is 17.8 Å². The molecule has 270 valence electrons. The molecule has 52 heavy (non-hydrogen) atoms. The summed E-state index contributed by atoms with van der Waals surface area (Å²) in [6.07, 6.45) is 8.43. The standard InChI is InChI=1S/C39H45N9O4/c1-24-32-20-41-39(44-36(32)48(28-8-3-4-9-28)38(52)35(24)25(2)49)42-33-12-10-29(19-40-33)46-14-16-47(17-15-46)30-22-45(23-30)21-26-6-5-7-27(18-26)31-11-13-34(50)43-37(31)51/h5-7,10,12,18-20,28,30-31H,3-4,8-9,11,13-17,21-23H2,1-2H3,(H,43,50,51)(H,40,41,42,44). The Morgan fingerprint density at radius 3 is 2.44 bits per heavy atom. The van der Waals surface area contributed by atoms with Gasteiger partial charge in [-0.25, -0.2) is 9.97 Å². The lowest BCUT2D eigenvalue weighted by Crippen LogP contribution is -2.62. The maximum Gasteiger partial charge on any atom is 0.263 e. The average Bonchev–Trinajstić information content (AvgIpc) is 3.65. The number of fused-ring (bicyclic) bond motifs is 1. The Morgan fingerprint density at radius 1 is 0.942 bits per heavy atom. The van der Waals surface area contributed by atoms with Crippen LogP contribution in [0.1, 0.15) is 84.5 Å². The minimum Gasteiger partial charge on any atom is -0.368 e. The molecule has 2 N–H and O–H groups in total. The van der Waals surface area contributed by atoms with Gasteiger partial charge in [-0.05, 0) is 61.9 Å². The molecule has 3 aliphatic heterocycles. The summed E-state index contributed by atoms with van der Waals surface area (Å²) in [5.74, 6) is 0.115. The quantitative estimate of drug-likeness (QED) is 0.192. The van der Waals surface area contributed by atoms with E-state index >= 15 is 0 Å². The highest BCUT2D eigenvalue weighted by molar-refractivity contribution is 6.01. The Labute approximate surface area is 302 Å². The number of likely N-dealkylation sites (tertiary alicyclic amines) is 1. The van der Waals surface area contributed by atoms with E-state index in [1.165, 1.54) is 12.5 Å². The molecular weight excluding hydrogens is 658 g/mol. The van der Waals surface area contributed by atoms with E-state index in [-0.39, 0.29) is 40.7 Å². The number of piperazine rings is 1. The van der Waals surface area contributed by atoms with Crippen LogP contribution in [0, 0.1) is 6.92 Å². The number of pyridine rings is 2. The number of hydrogen-bond acceptors (Lipinski definition) is 11. The number of carbonyl (C=O) groups excluding carboxylic acids is 3. The largest absolute Gasteiger partial charge is 0.368 e. The van der Waals surface area contributed by atoms with Gasteiger partial charge in [0.1, 0.15) is 11.5 Å². The highest BCUT2D eigenvalue weighted by atomic mass is 16.2. The molecule has 1 atom stereocenters. The second-order valence-electron chi connectivity index (χ2n) is 14.7. The number of carbonyl (C=O) groups is 3. The van der Waals surface area contributed by atoms with E-state index in [1.807, 2.05) is 24.4 Å². The highest BCUT2D eigenvalue weighted by Gasteiger charge is 2.34. The summed E-state index contributed by atoms with van der Waals surface area (Å²) in [5.41, 5.74) is 4.40. The number of ketones is 1. The maximum atomic E-state index is 13.5. The number of piperidine rings is 1. The van der Waals surface area contributed by atoms with Crippen molar-refractivity contribution in [2.75, 3.05) is 49.5 Å². The number of aromatic nitrogens is 4. The fourth-order valence-electron chi connectivity index (χ4n) is 8.50. The van der Waals surface area contributed by atoms with Crippen molar-refractivity contribution in [1.29, 1.82) is 0 Å². The van der Waals surface area contributed by atoms with Crippen LogP contribution < -0.4 is 21.1 Å². The summed E-state index contributed by atoms with van der Waals surface area (Å²) in [6, 6.07) is 12.8. The maximum absolute atomic E-state index is 13.5. The zero-order valence-electron chi connectivity index (χ0n) is 29.8. The lowest BCUT2D eigenvalue weighted by atomic mass is 9.89. The average molecular weight is 704 g/mol. The molecule has 1 unspecified atom stereocenters.